The topological polar surface area (TPSA) is 121 Å². The second-order valence-electron chi connectivity index (χ2n) is 10.3. The van der Waals surface area contributed by atoms with Gasteiger partial charge in [-0.1, -0.05) is 60.1 Å². The van der Waals surface area contributed by atoms with Crippen LogP contribution in [-0.2, 0) is 16.4 Å². The number of benzene rings is 3. The van der Waals surface area contributed by atoms with Gasteiger partial charge >= 0.3 is 0 Å². The second-order valence-corrected chi connectivity index (χ2v) is 12.6. The number of carbonyl (C=O) groups is 1. The highest BCUT2D eigenvalue weighted by Gasteiger charge is 2.21. The van der Waals surface area contributed by atoms with E-state index in [0.29, 0.717) is 23.5 Å². The molecule has 4 rings (SSSR count). The number of fused-ring (bicyclic) bond motifs is 1. The zero-order valence-electron chi connectivity index (χ0n) is 23.6. The fourth-order valence-corrected chi connectivity index (χ4v) is 5.91. The number of carbonyl (C=O) groups excluding carboxylic acids is 1. The molecule has 0 aliphatic rings. The monoisotopic (exact) mass is 633 g/mol. The van der Waals surface area contributed by atoms with Crippen LogP contribution in [0.5, 0.6) is 0 Å². The van der Waals surface area contributed by atoms with Crippen LogP contribution in [0.25, 0.3) is 22.0 Å². The number of nitrogens with zero attached hydrogens (tertiary/aromatic N) is 1. The molecule has 0 aliphatic heterocycles. The highest BCUT2D eigenvalue weighted by Crippen LogP contribution is 2.30. The highest BCUT2D eigenvalue weighted by atomic mass is 35.5. The predicted molar refractivity (Wildman–Crippen MR) is 171 cm³/mol. The Balaban J connectivity index is 0.00000484. The van der Waals surface area contributed by atoms with E-state index in [1.807, 2.05) is 48.7 Å². The lowest BCUT2D eigenvalue weighted by atomic mass is 10.0. The molecule has 0 bridgehead atoms. The number of hydrogen-bond donors (Lipinski definition) is 4. The van der Waals surface area contributed by atoms with E-state index in [1.54, 1.807) is 18.3 Å². The fourth-order valence-electron chi connectivity index (χ4n) is 4.71. The van der Waals surface area contributed by atoms with Gasteiger partial charge in [0.25, 0.3) is 5.91 Å². The van der Waals surface area contributed by atoms with Gasteiger partial charge in [-0.3, -0.25) is 4.79 Å². The summed E-state index contributed by atoms with van der Waals surface area (Å²) >= 11 is 6.01. The Labute approximate surface area is 258 Å². The molecule has 0 radical (unpaired) electrons. The zero-order valence-corrected chi connectivity index (χ0v) is 26.0. The van der Waals surface area contributed by atoms with Crippen molar-refractivity contribution in [3.8, 4) is 11.1 Å². The van der Waals surface area contributed by atoms with E-state index >= 15 is 0 Å². The molecule has 1 aromatic heterocycles. The lowest BCUT2D eigenvalue weighted by molar-refractivity contribution is 0.0982. The molecule has 226 valence electrons. The summed E-state index contributed by atoms with van der Waals surface area (Å²) in [6.45, 7) is 4.89. The molecule has 1 amide bonds. The summed E-state index contributed by atoms with van der Waals surface area (Å²) < 4.78 is 28.6. The number of aliphatic hydroxyl groups is 2. The molecule has 4 N–H and O–H groups in total. The molecule has 1 heterocycles. The van der Waals surface area contributed by atoms with Crippen molar-refractivity contribution in [1.29, 1.82) is 0 Å². The first-order chi connectivity index (χ1) is 19.6. The number of aliphatic hydroxyl groups excluding tert-OH is 2. The first-order valence-electron chi connectivity index (χ1n) is 13.6. The van der Waals surface area contributed by atoms with Crippen molar-refractivity contribution in [3.05, 3.63) is 94.6 Å². The van der Waals surface area contributed by atoms with E-state index in [9.17, 15) is 18.3 Å². The van der Waals surface area contributed by atoms with Gasteiger partial charge in [0.1, 0.15) is 0 Å². The Morgan fingerprint density at radius 1 is 1.02 bits per heavy atom. The van der Waals surface area contributed by atoms with Gasteiger partial charge in [0, 0.05) is 41.3 Å². The molecule has 0 aliphatic carbocycles. The van der Waals surface area contributed by atoms with Crippen LogP contribution < -0.4 is 10.0 Å². The molecule has 0 unspecified atom stereocenters. The third-order valence-corrected chi connectivity index (χ3v) is 8.46. The van der Waals surface area contributed by atoms with Crippen LogP contribution in [0.1, 0.15) is 53.9 Å². The van der Waals surface area contributed by atoms with Crippen LogP contribution in [0.15, 0.2) is 72.9 Å². The van der Waals surface area contributed by atoms with Crippen molar-refractivity contribution < 1.29 is 23.4 Å². The molecule has 0 spiro atoms. The van der Waals surface area contributed by atoms with Crippen LogP contribution in [0.3, 0.4) is 0 Å². The summed E-state index contributed by atoms with van der Waals surface area (Å²) in [5.74, 6) is -1.00. The normalized spacial score (nSPS) is 12.3. The molecule has 11 heteroatoms. The quantitative estimate of drug-likeness (QED) is 0.149. The molecule has 0 fully saturated rings. The second kappa shape index (κ2) is 15.0. The minimum Gasteiger partial charge on any atom is -0.396 e. The van der Waals surface area contributed by atoms with Gasteiger partial charge in [0.15, 0.2) is 0 Å². The molecule has 3 aromatic carbocycles. The van der Waals surface area contributed by atoms with E-state index in [0.717, 1.165) is 34.2 Å². The third-order valence-electron chi connectivity index (χ3n) is 6.90. The summed E-state index contributed by atoms with van der Waals surface area (Å²) in [4.78, 5) is 12.9. The van der Waals surface area contributed by atoms with Crippen molar-refractivity contribution >= 4 is 50.8 Å². The molecule has 0 saturated heterocycles. The maximum atomic E-state index is 12.9. The lowest BCUT2D eigenvalue weighted by Crippen LogP contribution is -2.32. The van der Waals surface area contributed by atoms with Gasteiger partial charge < -0.3 is 20.1 Å². The van der Waals surface area contributed by atoms with Crippen molar-refractivity contribution in [2.45, 2.75) is 38.8 Å². The van der Waals surface area contributed by atoms with Gasteiger partial charge in [-0.05, 0) is 73.7 Å². The molecule has 8 nitrogen and oxygen atoms in total. The minimum absolute atomic E-state index is 0. The molecule has 42 heavy (non-hydrogen) atoms. The molecular weight excluding hydrogens is 597 g/mol. The summed E-state index contributed by atoms with van der Waals surface area (Å²) in [6, 6.07) is 21.3. The number of amides is 1. The number of halogens is 2. The first-order valence-corrected chi connectivity index (χ1v) is 15.6. The van der Waals surface area contributed by atoms with E-state index in [4.69, 9.17) is 16.7 Å². The van der Waals surface area contributed by atoms with Crippen LogP contribution in [0, 0.1) is 0 Å². The smallest absolute Gasteiger partial charge is 0.266 e. The van der Waals surface area contributed by atoms with Crippen LogP contribution >= 0.6 is 24.0 Å². The summed E-state index contributed by atoms with van der Waals surface area (Å²) in [5.41, 5.74) is 5.07. The summed E-state index contributed by atoms with van der Waals surface area (Å²) in [5, 5.41) is 23.9. The van der Waals surface area contributed by atoms with Crippen molar-refractivity contribution in [2.24, 2.45) is 0 Å². The number of rotatable bonds is 13. The predicted octanol–water partition coefficient (Wildman–Crippen LogP) is 5.27. The van der Waals surface area contributed by atoms with E-state index in [2.05, 4.69) is 34.3 Å². The van der Waals surface area contributed by atoms with E-state index in [-0.39, 0.29) is 42.8 Å². The van der Waals surface area contributed by atoms with Gasteiger partial charge in [-0.2, -0.15) is 0 Å². The zero-order chi connectivity index (χ0) is 29.6. The summed E-state index contributed by atoms with van der Waals surface area (Å²) in [7, 11) is -3.84. The summed E-state index contributed by atoms with van der Waals surface area (Å²) in [6.07, 6.45) is 1.92. The van der Waals surface area contributed by atoms with Gasteiger partial charge in [-0.25, -0.2) is 13.1 Å². The van der Waals surface area contributed by atoms with Crippen LogP contribution in [0.4, 0.5) is 0 Å². The Hall–Kier alpha value is -2.92. The van der Waals surface area contributed by atoms with Gasteiger partial charge in [0.2, 0.25) is 10.0 Å². The Kier molecular flexibility index (Phi) is 12.0. The van der Waals surface area contributed by atoms with Crippen LogP contribution in [-0.4, -0.2) is 54.6 Å². The number of sulfonamides is 1. The molecular formula is C31H37Cl2N3O5S. The largest absolute Gasteiger partial charge is 0.396 e. The lowest BCUT2D eigenvalue weighted by Gasteiger charge is -2.13. The van der Waals surface area contributed by atoms with Crippen LogP contribution in [0.2, 0.25) is 5.02 Å². The third kappa shape index (κ3) is 8.56. The average Bonchev–Trinajstić information content (AvgIpc) is 3.34. The number of aromatic nitrogens is 1. The highest BCUT2D eigenvalue weighted by molar-refractivity contribution is 7.90. The Morgan fingerprint density at radius 2 is 1.74 bits per heavy atom. The SMILES string of the molecule is CC(C)n1cc(C(=O)NS(=O)(=O)CCCO)c2ccc(-c3ccc(CCNC[C@H](O)c4cccc(Cl)c4)cc3)cc21.Cl. The molecule has 0 saturated carbocycles. The van der Waals surface area contributed by atoms with Crippen molar-refractivity contribution in [1.82, 2.24) is 14.6 Å². The Bertz CT molecular complexity index is 1600. The minimum atomic E-state index is -3.84. The number of hydrogen-bond acceptors (Lipinski definition) is 6. The maximum Gasteiger partial charge on any atom is 0.266 e. The van der Waals surface area contributed by atoms with E-state index < -0.39 is 22.0 Å². The number of nitrogens with one attached hydrogen (secondary N) is 2. The van der Waals surface area contributed by atoms with Gasteiger partial charge in [-0.15, -0.1) is 12.4 Å². The van der Waals surface area contributed by atoms with Crippen molar-refractivity contribution in [2.75, 3.05) is 25.4 Å². The first kappa shape index (κ1) is 33.6. The maximum absolute atomic E-state index is 12.9. The van der Waals surface area contributed by atoms with Crippen molar-refractivity contribution in [3.63, 3.8) is 0 Å². The molecule has 4 aromatic rings. The standard InChI is InChI=1S/C31H36ClN3O5S.ClH/c1-21(2)35-20-28(31(38)34-41(39,40)16-4-15-36)27-12-11-24(18-29(27)35)23-9-7-22(8-10-23)13-14-33-19-30(37)25-5-3-6-26(32)17-25;/h3,5-12,17-18,20-21,30,33,36-37H,4,13-16,19H2,1-2H3,(H,34,38);1H/t30-;/m0./s1. The fraction of sp³-hybridized carbons (Fsp3) is 0.323. The van der Waals surface area contributed by atoms with E-state index in [1.165, 1.54) is 0 Å². The van der Waals surface area contributed by atoms with Gasteiger partial charge in [0.05, 0.1) is 17.4 Å². The average molecular weight is 635 g/mol. The Morgan fingerprint density at radius 3 is 2.40 bits per heavy atom. The molecule has 1 atom stereocenters.